The first-order valence-corrected chi connectivity index (χ1v) is 6.15. The van der Waals surface area contributed by atoms with E-state index < -0.39 is 0 Å². The summed E-state index contributed by atoms with van der Waals surface area (Å²) in [4.78, 5) is 13.6. The van der Waals surface area contributed by atoms with Crippen LogP contribution in [0.5, 0.6) is 5.75 Å². The molecule has 1 aromatic rings. The zero-order valence-corrected chi connectivity index (χ0v) is 11.7. The highest BCUT2D eigenvalue weighted by Crippen LogP contribution is 2.31. The van der Waals surface area contributed by atoms with Crippen molar-refractivity contribution < 1.29 is 9.53 Å². The number of carbonyl (C=O) groups is 1. The van der Waals surface area contributed by atoms with E-state index >= 15 is 0 Å². The van der Waals surface area contributed by atoms with Gasteiger partial charge >= 0.3 is 6.03 Å². The number of rotatable bonds is 2. The molecule has 1 saturated heterocycles. The van der Waals surface area contributed by atoms with Crippen LogP contribution in [0.1, 0.15) is 13.8 Å². The lowest BCUT2D eigenvalue weighted by atomic mass is 10.1. The molecular formula is C12H15BrN2O2. The maximum atomic E-state index is 11.8. The number of halogens is 1. The Hall–Kier alpha value is -1.23. The number of hydrogen-bond acceptors (Lipinski definition) is 2. The average Bonchev–Trinajstić information content (AvgIpc) is 2.52. The Bertz CT molecular complexity index is 460. The van der Waals surface area contributed by atoms with Crippen LogP contribution in [-0.2, 0) is 0 Å². The normalized spacial score (nSPS) is 18.1. The highest BCUT2D eigenvalue weighted by Gasteiger charge is 2.35. The van der Waals surface area contributed by atoms with Gasteiger partial charge < -0.3 is 10.1 Å². The van der Waals surface area contributed by atoms with Crippen LogP contribution >= 0.6 is 15.9 Å². The SMILES string of the molecule is COc1ccc(N2CC(C)(C)NC2=O)cc1Br. The lowest BCUT2D eigenvalue weighted by Crippen LogP contribution is -2.36. The Morgan fingerprint density at radius 1 is 1.47 bits per heavy atom. The Labute approximate surface area is 109 Å². The first kappa shape index (κ1) is 12.2. The number of methoxy groups -OCH3 is 1. The molecule has 0 radical (unpaired) electrons. The number of nitrogens with one attached hydrogen (secondary N) is 1. The van der Waals surface area contributed by atoms with E-state index in [0.717, 1.165) is 15.9 Å². The predicted octanol–water partition coefficient (Wildman–Crippen LogP) is 2.77. The summed E-state index contributed by atoms with van der Waals surface area (Å²) in [5.41, 5.74) is 0.671. The summed E-state index contributed by atoms with van der Waals surface area (Å²) in [7, 11) is 1.62. The number of carbonyl (C=O) groups excluding carboxylic acids is 1. The quantitative estimate of drug-likeness (QED) is 0.912. The van der Waals surface area contributed by atoms with Crippen LogP contribution in [0, 0.1) is 0 Å². The zero-order valence-electron chi connectivity index (χ0n) is 10.1. The highest BCUT2D eigenvalue weighted by atomic mass is 79.9. The van der Waals surface area contributed by atoms with Crippen molar-refractivity contribution in [2.24, 2.45) is 0 Å². The predicted molar refractivity (Wildman–Crippen MR) is 70.7 cm³/mol. The van der Waals surface area contributed by atoms with E-state index in [1.807, 2.05) is 32.0 Å². The van der Waals surface area contributed by atoms with Gasteiger partial charge in [-0.2, -0.15) is 0 Å². The topological polar surface area (TPSA) is 41.6 Å². The van der Waals surface area contributed by atoms with Crippen LogP contribution in [0.15, 0.2) is 22.7 Å². The molecule has 17 heavy (non-hydrogen) atoms. The van der Waals surface area contributed by atoms with Crippen molar-refractivity contribution in [2.45, 2.75) is 19.4 Å². The molecule has 2 amide bonds. The van der Waals surface area contributed by atoms with Crippen molar-refractivity contribution in [2.75, 3.05) is 18.6 Å². The highest BCUT2D eigenvalue weighted by molar-refractivity contribution is 9.10. The van der Waals surface area contributed by atoms with Gasteiger partial charge in [0.15, 0.2) is 0 Å². The molecule has 0 spiro atoms. The molecule has 1 heterocycles. The van der Waals surface area contributed by atoms with Gasteiger partial charge in [-0.15, -0.1) is 0 Å². The van der Waals surface area contributed by atoms with E-state index in [9.17, 15) is 4.79 Å². The molecule has 0 aliphatic carbocycles. The van der Waals surface area contributed by atoms with Gasteiger partial charge in [0, 0.05) is 5.69 Å². The lowest BCUT2D eigenvalue weighted by molar-refractivity contribution is 0.248. The standard InChI is InChI=1S/C12H15BrN2O2/c1-12(2)7-15(11(16)14-12)8-4-5-10(17-3)9(13)6-8/h4-6H,7H2,1-3H3,(H,14,16). The zero-order chi connectivity index (χ0) is 12.6. The molecule has 4 nitrogen and oxygen atoms in total. The van der Waals surface area contributed by atoms with Crippen molar-refractivity contribution in [3.05, 3.63) is 22.7 Å². The third-order valence-electron chi connectivity index (χ3n) is 2.69. The van der Waals surface area contributed by atoms with Gasteiger partial charge in [-0.3, -0.25) is 4.90 Å². The molecule has 0 saturated carbocycles. The molecule has 1 N–H and O–H groups in total. The molecule has 5 heteroatoms. The van der Waals surface area contributed by atoms with Gasteiger partial charge in [-0.25, -0.2) is 4.79 Å². The van der Waals surface area contributed by atoms with Crippen molar-refractivity contribution in [3.8, 4) is 5.75 Å². The minimum absolute atomic E-state index is 0.0629. The van der Waals surface area contributed by atoms with Crippen molar-refractivity contribution >= 4 is 27.6 Å². The fraction of sp³-hybridized carbons (Fsp3) is 0.417. The minimum Gasteiger partial charge on any atom is -0.496 e. The number of benzene rings is 1. The molecule has 1 aromatic carbocycles. The van der Waals surface area contributed by atoms with E-state index in [0.29, 0.717) is 6.54 Å². The number of urea groups is 1. The van der Waals surface area contributed by atoms with Crippen LogP contribution in [0.25, 0.3) is 0 Å². The summed E-state index contributed by atoms with van der Waals surface area (Å²) in [6.07, 6.45) is 0. The smallest absolute Gasteiger partial charge is 0.322 e. The molecule has 1 fully saturated rings. The maximum absolute atomic E-state index is 11.8. The van der Waals surface area contributed by atoms with E-state index in [-0.39, 0.29) is 11.6 Å². The lowest BCUT2D eigenvalue weighted by Gasteiger charge is -2.18. The summed E-state index contributed by atoms with van der Waals surface area (Å²) in [5.74, 6) is 0.757. The third-order valence-corrected chi connectivity index (χ3v) is 3.31. The van der Waals surface area contributed by atoms with E-state index in [1.165, 1.54) is 0 Å². The Balaban J connectivity index is 2.30. The second-order valence-corrected chi connectivity index (χ2v) is 5.57. The monoisotopic (exact) mass is 298 g/mol. The molecular weight excluding hydrogens is 284 g/mol. The van der Waals surface area contributed by atoms with Gasteiger partial charge in [0.25, 0.3) is 0 Å². The van der Waals surface area contributed by atoms with Crippen molar-refractivity contribution in [1.29, 1.82) is 0 Å². The number of ether oxygens (including phenoxy) is 1. The van der Waals surface area contributed by atoms with E-state index in [1.54, 1.807) is 12.0 Å². The van der Waals surface area contributed by atoms with Crippen LogP contribution < -0.4 is 15.0 Å². The summed E-state index contributed by atoms with van der Waals surface area (Å²) in [5, 5.41) is 2.93. The molecule has 92 valence electrons. The van der Waals surface area contributed by atoms with Gasteiger partial charge in [-0.05, 0) is 48.0 Å². The Morgan fingerprint density at radius 3 is 2.65 bits per heavy atom. The molecule has 0 aromatic heterocycles. The number of amides is 2. The number of anilines is 1. The van der Waals surface area contributed by atoms with Crippen LogP contribution in [-0.4, -0.2) is 25.2 Å². The number of nitrogens with zero attached hydrogens (tertiary/aromatic N) is 1. The Morgan fingerprint density at radius 2 is 2.18 bits per heavy atom. The number of hydrogen-bond donors (Lipinski definition) is 1. The van der Waals surface area contributed by atoms with Crippen LogP contribution in [0.4, 0.5) is 10.5 Å². The van der Waals surface area contributed by atoms with Crippen LogP contribution in [0.2, 0.25) is 0 Å². The molecule has 1 aliphatic heterocycles. The molecule has 1 aliphatic rings. The summed E-state index contributed by atoms with van der Waals surface area (Å²) >= 11 is 3.42. The Kier molecular flexibility index (Phi) is 3.03. The summed E-state index contributed by atoms with van der Waals surface area (Å²) in [6, 6.07) is 5.55. The van der Waals surface area contributed by atoms with Gasteiger partial charge in [0.05, 0.1) is 23.7 Å². The van der Waals surface area contributed by atoms with E-state index in [4.69, 9.17) is 4.74 Å². The minimum atomic E-state index is -0.191. The van der Waals surface area contributed by atoms with Crippen molar-refractivity contribution in [1.82, 2.24) is 5.32 Å². The van der Waals surface area contributed by atoms with Crippen LogP contribution in [0.3, 0.4) is 0 Å². The summed E-state index contributed by atoms with van der Waals surface area (Å²) < 4.78 is 6.01. The second-order valence-electron chi connectivity index (χ2n) is 4.72. The fourth-order valence-electron chi connectivity index (χ4n) is 1.90. The average molecular weight is 299 g/mol. The summed E-state index contributed by atoms with van der Waals surface area (Å²) in [6.45, 7) is 4.66. The van der Waals surface area contributed by atoms with Gasteiger partial charge in [0.2, 0.25) is 0 Å². The fourth-order valence-corrected chi connectivity index (χ4v) is 2.42. The van der Waals surface area contributed by atoms with E-state index in [2.05, 4.69) is 21.2 Å². The third kappa shape index (κ3) is 2.39. The molecule has 2 rings (SSSR count). The van der Waals surface area contributed by atoms with Gasteiger partial charge in [0.1, 0.15) is 5.75 Å². The van der Waals surface area contributed by atoms with Crippen molar-refractivity contribution in [3.63, 3.8) is 0 Å². The van der Waals surface area contributed by atoms with Gasteiger partial charge in [-0.1, -0.05) is 0 Å². The first-order chi connectivity index (χ1) is 7.93. The molecule has 0 unspecified atom stereocenters. The first-order valence-electron chi connectivity index (χ1n) is 5.36. The maximum Gasteiger partial charge on any atom is 0.322 e. The molecule has 0 atom stereocenters. The second kappa shape index (κ2) is 4.22. The largest absolute Gasteiger partial charge is 0.496 e. The molecule has 0 bridgehead atoms.